The predicted molar refractivity (Wildman–Crippen MR) is 125 cm³/mol. The fourth-order valence-corrected chi connectivity index (χ4v) is 4.12. The van der Waals surface area contributed by atoms with E-state index in [1.807, 2.05) is 19.2 Å². The number of fused-ring (bicyclic) bond motifs is 2. The molecule has 3 aromatic rings. The molecule has 2 amide bonds. The number of rotatable bonds is 4. The Hall–Kier alpha value is -3.04. The Labute approximate surface area is 183 Å². The van der Waals surface area contributed by atoms with E-state index >= 15 is 0 Å². The van der Waals surface area contributed by atoms with E-state index < -0.39 is 0 Å². The molecule has 152 valence electrons. The second-order valence-corrected chi connectivity index (χ2v) is 8.02. The smallest absolute Gasteiger partial charge is 0.321 e. The maximum absolute atomic E-state index is 12.5. The monoisotopic (exact) mass is 416 g/mol. The van der Waals surface area contributed by atoms with Crippen LogP contribution in [0.3, 0.4) is 0 Å². The number of anilines is 1. The molecule has 0 heterocycles. The second kappa shape index (κ2) is 9.19. The minimum atomic E-state index is -0.141. The van der Waals surface area contributed by atoms with Gasteiger partial charge in [-0.25, -0.2) is 4.79 Å². The summed E-state index contributed by atoms with van der Waals surface area (Å²) in [5.74, 6) is 0. The van der Waals surface area contributed by atoms with E-state index in [1.54, 1.807) is 17.0 Å². The zero-order chi connectivity index (χ0) is 20.9. The van der Waals surface area contributed by atoms with Crippen LogP contribution in [0.2, 0.25) is 5.02 Å². The summed E-state index contributed by atoms with van der Waals surface area (Å²) in [6.07, 6.45) is 5.14. The molecular weight excluding hydrogens is 392 g/mol. The van der Waals surface area contributed by atoms with Crippen molar-refractivity contribution in [1.82, 2.24) is 4.90 Å². The first-order chi connectivity index (χ1) is 14.6. The van der Waals surface area contributed by atoms with Crippen LogP contribution in [0, 0.1) is 0 Å². The normalized spacial score (nSPS) is 12.4. The maximum Gasteiger partial charge on any atom is 0.321 e. The minimum Gasteiger partial charge on any atom is -0.327 e. The first-order valence-corrected chi connectivity index (χ1v) is 10.6. The Bertz CT molecular complexity index is 1040. The Kier molecular flexibility index (Phi) is 6.20. The first kappa shape index (κ1) is 20.2. The van der Waals surface area contributed by atoms with Crippen molar-refractivity contribution >= 4 is 28.9 Å². The minimum absolute atomic E-state index is 0.141. The van der Waals surface area contributed by atoms with Gasteiger partial charge in [0.1, 0.15) is 0 Å². The van der Waals surface area contributed by atoms with Crippen LogP contribution in [-0.4, -0.2) is 24.5 Å². The largest absolute Gasteiger partial charge is 0.327 e. The number of hydrogen-bond acceptors (Lipinski definition) is 1. The molecule has 3 aromatic carbocycles. The van der Waals surface area contributed by atoms with Crippen LogP contribution in [0.5, 0.6) is 0 Å². The van der Waals surface area contributed by atoms with Crippen molar-refractivity contribution < 1.29 is 4.79 Å². The highest BCUT2D eigenvalue weighted by Crippen LogP contribution is 2.33. The van der Waals surface area contributed by atoms with E-state index in [4.69, 9.17) is 11.6 Å². The van der Waals surface area contributed by atoms with Crippen molar-refractivity contribution in [2.45, 2.75) is 19.3 Å². The summed E-state index contributed by atoms with van der Waals surface area (Å²) in [5.41, 5.74) is 7.33. The lowest BCUT2D eigenvalue weighted by Gasteiger charge is -2.18. The Morgan fingerprint density at radius 3 is 2.23 bits per heavy atom. The van der Waals surface area contributed by atoms with Gasteiger partial charge in [0, 0.05) is 24.3 Å². The molecule has 0 atom stereocenters. The van der Waals surface area contributed by atoms with E-state index in [-0.39, 0.29) is 6.03 Å². The van der Waals surface area contributed by atoms with Crippen LogP contribution < -0.4 is 5.32 Å². The summed E-state index contributed by atoms with van der Waals surface area (Å²) in [6.45, 7) is 0.625. The van der Waals surface area contributed by atoms with Gasteiger partial charge in [-0.3, -0.25) is 0 Å². The van der Waals surface area contributed by atoms with Crippen LogP contribution in [0.4, 0.5) is 10.5 Å². The van der Waals surface area contributed by atoms with Crippen molar-refractivity contribution in [2.75, 3.05) is 18.9 Å². The van der Waals surface area contributed by atoms with Crippen LogP contribution in [0.25, 0.3) is 5.57 Å². The number of carbonyl (C=O) groups is 1. The van der Waals surface area contributed by atoms with Gasteiger partial charge in [0.2, 0.25) is 0 Å². The standard InChI is InChI=1S/C26H25ClN2O/c1-29(26(30)28-22-11-6-10-21(27)18-22)17-7-14-25-23-12-4-2-8-19(23)15-16-20-9-3-5-13-24(20)25/h2-6,8-14,18H,7,15-17H2,1H3,(H,28,30). The summed E-state index contributed by atoms with van der Waals surface area (Å²) in [7, 11) is 1.81. The van der Waals surface area contributed by atoms with E-state index in [0.717, 1.165) is 19.3 Å². The van der Waals surface area contributed by atoms with Crippen molar-refractivity contribution in [3.8, 4) is 0 Å². The molecule has 0 aromatic heterocycles. The van der Waals surface area contributed by atoms with Gasteiger partial charge < -0.3 is 10.2 Å². The lowest BCUT2D eigenvalue weighted by atomic mass is 9.93. The van der Waals surface area contributed by atoms with E-state index in [9.17, 15) is 4.79 Å². The highest BCUT2D eigenvalue weighted by molar-refractivity contribution is 6.30. The molecule has 3 nitrogen and oxygen atoms in total. The van der Waals surface area contributed by atoms with Crippen LogP contribution >= 0.6 is 11.6 Å². The molecule has 0 bridgehead atoms. The number of nitrogens with one attached hydrogen (secondary N) is 1. The summed E-state index contributed by atoms with van der Waals surface area (Å²) < 4.78 is 0. The Morgan fingerprint density at radius 1 is 0.967 bits per heavy atom. The summed E-state index contributed by atoms with van der Waals surface area (Å²) >= 11 is 6.00. The third-order valence-electron chi connectivity index (χ3n) is 5.51. The number of benzene rings is 3. The van der Waals surface area contributed by atoms with Crippen LogP contribution in [0.15, 0.2) is 78.9 Å². The van der Waals surface area contributed by atoms with E-state index in [2.05, 4.69) is 59.9 Å². The summed E-state index contributed by atoms with van der Waals surface area (Å²) in [5, 5.41) is 3.50. The van der Waals surface area contributed by atoms with E-state index in [0.29, 0.717) is 17.3 Å². The lowest BCUT2D eigenvalue weighted by molar-refractivity contribution is 0.223. The molecule has 0 aliphatic heterocycles. The number of amides is 2. The average molecular weight is 417 g/mol. The molecule has 0 spiro atoms. The van der Waals surface area contributed by atoms with Gasteiger partial charge in [-0.2, -0.15) is 0 Å². The topological polar surface area (TPSA) is 32.3 Å². The highest BCUT2D eigenvalue weighted by atomic mass is 35.5. The molecule has 1 aliphatic rings. The second-order valence-electron chi connectivity index (χ2n) is 7.58. The van der Waals surface area contributed by atoms with Gasteiger partial charge in [-0.15, -0.1) is 0 Å². The molecule has 0 fully saturated rings. The van der Waals surface area contributed by atoms with Crippen LogP contribution in [0.1, 0.15) is 28.7 Å². The van der Waals surface area contributed by atoms with Crippen molar-refractivity contribution in [2.24, 2.45) is 0 Å². The molecule has 0 saturated carbocycles. The molecule has 1 aliphatic carbocycles. The van der Waals surface area contributed by atoms with Gasteiger partial charge in [-0.05, 0) is 65.3 Å². The molecule has 0 unspecified atom stereocenters. The Balaban J connectivity index is 1.50. The predicted octanol–water partition coefficient (Wildman–Crippen LogP) is 6.42. The number of carbonyl (C=O) groups excluding carboxylic acids is 1. The third-order valence-corrected chi connectivity index (χ3v) is 5.75. The Morgan fingerprint density at radius 2 is 1.60 bits per heavy atom. The summed E-state index contributed by atoms with van der Waals surface area (Å²) in [6, 6.07) is 24.3. The number of hydrogen-bond donors (Lipinski definition) is 1. The van der Waals surface area contributed by atoms with Crippen molar-refractivity contribution in [3.05, 3.63) is 106 Å². The molecule has 0 radical (unpaired) electrons. The molecule has 4 rings (SSSR count). The fraction of sp³-hybridized carbons (Fsp3) is 0.192. The lowest BCUT2D eigenvalue weighted by Crippen LogP contribution is -2.31. The number of nitrogens with zero attached hydrogens (tertiary/aromatic N) is 1. The number of aryl methyl sites for hydroxylation is 2. The quantitative estimate of drug-likeness (QED) is 0.522. The third kappa shape index (κ3) is 4.58. The van der Waals surface area contributed by atoms with E-state index in [1.165, 1.54) is 27.8 Å². The first-order valence-electron chi connectivity index (χ1n) is 10.3. The molecule has 1 N–H and O–H groups in total. The van der Waals surface area contributed by atoms with Gasteiger partial charge in [0.25, 0.3) is 0 Å². The molecule has 4 heteroatoms. The average Bonchev–Trinajstić information content (AvgIpc) is 2.91. The fourth-order valence-electron chi connectivity index (χ4n) is 3.93. The van der Waals surface area contributed by atoms with Crippen molar-refractivity contribution in [1.29, 1.82) is 0 Å². The molecule has 0 saturated heterocycles. The van der Waals surface area contributed by atoms with Crippen molar-refractivity contribution in [3.63, 3.8) is 0 Å². The maximum atomic E-state index is 12.5. The van der Waals surface area contributed by atoms with Gasteiger partial charge in [-0.1, -0.05) is 72.3 Å². The van der Waals surface area contributed by atoms with Crippen LogP contribution in [-0.2, 0) is 12.8 Å². The van der Waals surface area contributed by atoms with Gasteiger partial charge in [0.05, 0.1) is 0 Å². The molecular formula is C26H25ClN2O. The summed E-state index contributed by atoms with van der Waals surface area (Å²) in [4.78, 5) is 14.2. The number of urea groups is 1. The highest BCUT2D eigenvalue weighted by Gasteiger charge is 2.17. The zero-order valence-electron chi connectivity index (χ0n) is 17.1. The number of halogens is 1. The molecule has 30 heavy (non-hydrogen) atoms. The van der Waals surface area contributed by atoms with Gasteiger partial charge >= 0.3 is 6.03 Å². The SMILES string of the molecule is CN(CCC=C1c2ccccc2CCc2ccccc21)C(=O)Nc1cccc(Cl)c1. The van der Waals surface area contributed by atoms with Gasteiger partial charge in [0.15, 0.2) is 0 Å². The zero-order valence-corrected chi connectivity index (χ0v) is 17.8.